The molecule has 0 aromatic heterocycles. The minimum absolute atomic E-state index is 0.149. The second-order valence-corrected chi connectivity index (χ2v) is 4.10. The number of aryl methyl sites for hydroxylation is 1. The van der Waals surface area contributed by atoms with Crippen molar-refractivity contribution in [2.24, 2.45) is 5.92 Å². The van der Waals surface area contributed by atoms with Gasteiger partial charge in [-0.15, -0.1) is 0 Å². The highest BCUT2D eigenvalue weighted by Crippen LogP contribution is 2.50. The third-order valence-electron chi connectivity index (χ3n) is 3.05. The third-order valence-corrected chi connectivity index (χ3v) is 3.05. The molecular weight excluding hydrogens is 160 g/mol. The first-order valence-corrected chi connectivity index (χ1v) is 4.93. The molecule has 1 heteroatoms. The fraction of sp³-hybridized carbons (Fsp3) is 0.500. The van der Waals surface area contributed by atoms with Crippen molar-refractivity contribution >= 4 is 0 Å². The highest BCUT2D eigenvalue weighted by atomic mass is 16.3. The highest BCUT2D eigenvalue weighted by molar-refractivity contribution is 5.33. The molecule has 1 aliphatic rings. The molecule has 0 aliphatic heterocycles. The van der Waals surface area contributed by atoms with Crippen LogP contribution in [0.25, 0.3) is 0 Å². The molecule has 3 atom stereocenters. The molecule has 1 aromatic carbocycles. The first-order valence-electron chi connectivity index (χ1n) is 4.93. The average Bonchev–Trinajstić information content (AvgIpc) is 2.84. The van der Waals surface area contributed by atoms with E-state index in [-0.39, 0.29) is 6.10 Å². The van der Waals surface area contributed by atoms with E-state index in [4.69, 9.17) is 0 Å². The number of rotatable bonds is 2. The standard InChI is InChI=1S/C12H16O/c1-8-5-3-4-6-10(8)12-7-11(12)9(2)13/h3-6,9,11-13H,7H2,1-2H3/t9-,11-,12+/m1/s1. The molecule has 0 amide bonds. The summed E-state index contributed by atoms with van der Waals surface area (Å²) >= 11 is 0. The number of benzene rings is 1. The first-order chi connectivity index (χ1) is 6.20. The molecule has 2 rings (SSSR count). The van der Waals surface area contributed by atoms with Crippen LogP contribution in [0.5, 0.6) is 0 Å². The molecule has 0 saturated heterocycles. The second kappa shape index (κ2) is 3.15. The van der Waals surface area contributed by atoms with Crippen molar-refractivity contribution in [1.29, 1.82) is 0 Å². The normalized spacial score (nSPS) is 28.5. The van der Waals surface area contributed by atoms with Crippen LogP contribution in [0, 0.1) is 12.8 Å². The van der Waals surface area contributed by atoms with Gasteiger partial charge >= 0.3 is 0 Å². The van der Waals surface area contributed by atoms with Crippen molar-refractivity contribution in [2.75, 3.05) is 0 Å². The first kappa shape index (κ1) is 8.76. The predicted molar refractivity (Wildman–Crippen MR) is 53.7 cm³/mol. The Kier molecular flexibility index (Phi) is 2.12. The van der Waals surface area contributed by atoms with Crippen molar-refractivity contribution in [2.45, 2.75) is 32.3 Å². The van der Waals surface area contributed by atoms with E-state index in [1.54, 1.807) is 0 Å². The van der Waals surface area contributed by atoms with E-state index in [9.17, 15) is 5.11 Å². The summed E-state index contributed by atoms with van der Waals surface area (Å²) in [4.78, 5) is 0. The zero-order chi connectivity index (χ0) is 9.42. The van der Waals surface area contributed by atoms with E-state index in [0.717, 1.165) is 6.42 Å². The fourth-order valence-electron chi connectivity index (χ4n) is 2.11. The lowest BCUT2D eigenvalue weighted by Gasteiger charge is -2.05. The molecule has 1 aliphatic carbocycles. The Morgan fingerprint density at radius 1 is 1.38 bits per heavy atom. The summed E-state index contributed by atoms with van der Waals surface area (Å²) in [5.41, 5.74) is 2.78. The van der Waals surface area contributed by atoms with Crippen LogP contribution < -0.4 is 0 Å². The van der Waals surface area contributed by atoms with Crippen LogP contribution in [-0.2, 0) is 0 Å². The van der Waals surface area contributed by atoms with Gasteiger partial charge in [-0.3, -0.25) is 0 Å². The Morgan fingerprint density at radius 2 is 2.08 bits per heavy atom. The van der Waals surface area contributed by atoms with Gasteiger partial charge in [0, 0.05) is 0 Å². The molecule has 0 unspecified atom stereocenters. The minimum Gasteiger partial charge on any atom is -0.393 e. The molecule has 1 fully saturated rings. The summed E-state index contributed by atoms with van der Waals surface area (Å²) in [7, 11) is 0. The Balaban J connectivity index is 2.16. The Morgan fingerprint density at radius 3 is 2.62 bits per heavy atom. The molecule has 13 heavy (non-hydrogen) atoms. The van der Waals surface area contributed by atoms with Gasteiger partial charge in [0.1, 0.15) is 0 Å². The average molecular weight is 176 g/mol. The molecule has 1 aromatic rings. The molecule has 1 N–H and O–H groups in total. The maximum atomic E-state index is 9.41. The van der Waals surface area contributed by atoms with Gasteiger partial charge in [-0.1, -0.05) is 24.3 Å². The minimum atomic E-state index is -0.149. The lowest BCUT2D eigenvalue weighted by Crippen LogP contribution is -2.03. The lowest BCUT2D eigenvalue weighted by molar-refractivity contribution is 0.169. The van der Waals surface area contributed by atoms with Crippen LogP contribution in [-0.4, -0.2) is 11.2 Å². The molecule has 0 bridgehead atoms. The summed E-state index contributed by atoms with van der Waals surface area (Å²) in [5.74, 6) is 1.11. The summed E-state index contributed by atoms with van der Waals surface area (Å²) in [5, 5.41) is 9.41. The smallest absolute Gasteiger partial charge is 0.0546 e. The molecule has 0 spiro atoms. The zero-order valence-electron chi connectivity index (χ0n) is 8.20. The van der Waals surface area contributed by atoms with Gasteiger partial charge in [0.2, 0.25) is 0 Å². The van der Waals surface area contributed by atoms with E-state index in [0.29, 0.717) is 11.8 Å². The van der Waals surface area contributed by atoms with Gasteiger partial charge in [-0.05, 0) is 43.2 Å². The van der Waals surface area contributed by atoms with Crippen LogP contribution in [0.2, 0.25) is 0 Å². The number of aliphatic hydroxyl groups excluding tert-OH is 1. The van der Waals surface area contributed by atoms with Crippen LogP contribution in [0.3, 0.4) is 0 Å². The Labute approximate surface area is 79.4 Å². The van der Waals surface area contributed by atoms with Crippen LogP contribution in [0.1, 0.15) is 30.4 Å². The predicted octanol–water partition coefficient (Wildman–Crippen LogP) is 2.48. The fourth-order valence-corrected chi connectivity index (χ4v) is 2.11. The highest BCUT2D eigenvalue weighted by Gasteiger charge is 2.41. The SMILES string of the molecule is Cc1ccccc1[C@@H]1C[C@@H]1[C@@H](C)O. The summed E-state index contributed by atoms with van der Waals surface area (Å²) in [6.45, 7) is 4.04. The quantitative estimate of drug-likeness (QED) is 0.734. The molecular formula is C12H16O. The Hall–Kier alpha value is -0.820. The molecule has 1 saturated carbocycles. The lowest BCUT2D eigenvalue weighted by atomic mass is 10.0. The molecule has 0 radical (unpaired) electrons. The van der Waals surface area contributed by atoms with Crippen LogP contribution in [0.4, 0.5) is 0 Å². The van der Waals surface area contributed by atoms with Crippen LogP contribution in [0.15, 0.2) is 24.3 Å². The number of hydrogen-bond donors (Lipinski definition) is 1. The summed E-state index contributed by atoms with van der Waals surface area (Å²) in [6, 6.07) is 8.48. The maximum Gasteiger partial charge on any atom is 0.0546 e. The van der Waals surface area contributed by atoms with Crippen LogP contribution >= 0.6 is 0 Å². The number of hydrogen-bond acceptors (Lipinski definition) is 1. The van der Waals surface area contributed by atoms with E-state index in [2.05, 4.69) is 31.2 Å². The molecule has 70 valence electrons. The Bertz CT molecular complexity index is 304. The van der Waals surface area contributed by atoms with Gasteiger partial charge in [-0.2, -0.15) is 0 Å². The van der Waals surface area contributed by atoms with E-state index >= 15 is 0 Å². The van der Waals surface area contributed by atoms with E-state index in [1.807, 2.05) is 6.92 Å². The van der Waals surface area contributed by atoms with Crippen molar-refractivity contribution < 1.29 is 5.11 Å². The summed E-state index contributed by atoms with van der Waals surface area (Å²) in [6.07, 6.45) is 1.01. The van der Waals surface area contributed by atoms with Gasteiger partial charge in [0.05, 0.1) is 6.10 Å². The van der Waals surface area contributed by atoms with Crippen molar-refractivity contribution in [3.8, 4) is 0 Å². The zero-order valence-corrected chi connectivity index (χ0v) is 8.20. The summed E-state index contributed by atoms with van der Waals surface area (Å²) < 4.78 is 0. The van der Waals surface area contributed by atoms with Crippen molar-refractivity contribution in [3.63, 3.8) is 0 Å². The van der Waals surface area contributed by atoms with Gasteiger partial charge < -0.3 is 5.11 Å². The van der Waals surface area contributed by atoms with Gasteiger partial charge in [0.15, 0.2) is 0 Å². The van der Waals surface area contributed by atoms with Crippen molar-refractivity contribution in [1.82, 2.24) is 0 Å². The molecule has 0 heterocycles. The largest absolute Gasteiger partial charge is 0.393 e. The third kappa shape index (κ3) is 1.61. The van der Waals surface area contributed by atoms with E-state index in [1.165, 1.54) is 11.1 Å². The molecule has 1 nitrogen and oxygen atoms in total. The van der Waals surface area contributed by atoms with Gasteiger partial charge in [0.25, 0.3) is 0 Å². The van der Waals surface area contributed by atoms with Gasteiger partial charge in [-0.25, -0.2) is 0 Å². The van der Waals surface area contributed by atoms with Crippen molar-refractivity contribution in [3.05, 3.63) is 35.4 Å². The monoisotopic (exact) mass is 176 g/mol. The second-order valence-electron chi connectivity index (χ2n) is 4.10. The topological polar surface area (TPSA) is 20.2 Å². The maximum absolute atomic E-state index is 9.41. The number of aliphatic hydroxyl groups is 1. The van der Waals surface area contributed by atoms with E-state index < -0.39 is 0 Å².